The minimum atomic E-state index is -0.780. The Bertz CT molecular complexity index is 371. The van der Waals surface area contributed by atoms with Crippen molar-refractivity contribution >= 4 is 5.97 Å². The van der Waals surface area contributed by atoms with Gasteiger partial charge >= 0.3 is 5.97 Å². The number of hydrogen-bond donors (Lipinski definition) is 1. The highest BCUT2D eigenvalue weighted by Crippen LogP contribution is 2.21. The smallest absolute Gasteiger partial charge is 0.303 e. The van der Waals surface area contributed by atoms with Crippen LogP contribution in [0.15, 0.2) is 18.2 Å². The summed E-state index contributed by atoms with van der Waals surface area (Å²) in [6.45, 7) is 6.35. The van der Waals surface area contributed by atoms with Gasteiger partial charge in [0.1, 0.15) is 5.75 Å². The predicted molar refractivity (Wildman–Crippen MR) is 62.8 cm³/mol. The van der Waals surface area contributed by atoms with Gasteiger partial charge in [0.2, 0.25) is 0 Å². The number of aliphatic carboxylic acids is 1. The molecule has 1 atom stereocenters. The van der Waals surface area contributed by atoms with Crippen LogP contribution in [0.2, 0.25) is 0 Å². The first-order chi connectivity index (χ1) is 7.50. The topological polar surface area (TPSA) is 46.5 Å². The Labute approximate surface area is 96.1 Å². The van der Waals surface area contributed by atoms with Crippen LogP contribution in [0.25, 0.3) is 0 Å². The van der Waals surface area contributed by atoms with Crippen LogP contribution in [-0.4, -0.2) is 17.7 Å². The van der Waals surface area contributed by atoms with Crippen LogP contribution < -0.4 is 4.74 Å². The Balaban J connectivity index is 2.54. The zero-order valence-electron chi connectivity index (χ0n) is 9.99. The molecular weight excluding hydrogens is 204 g/mol. The lowest BCUT2D eigenvalue weighted by atomic mass is 10.1. The molecule has 1 unspecified atom stereocenters. The van der Waals surface area contributed by atoms with Gasteiger partial charge < -0.3 is 9.84 Å². The number of benzene rings is 1. The van der Waals surface area contributed by atoms with E-state index in [1.807, 2.05) is 39.0 Å². The molecule has 0 aliphatic rings. The summed E-state index contributed by atoms with van der Waals surface area (Å²) < 4.78 is 5.62. The molecule has 0 aliphatic carbocycles. The van der Waals surface area contributed by atoms with Crippen LogP contribution >= 0.6 is 0 Å². The standard InChI is InChI=1S/C13H18O3/c1-9(7-13(14)15)8-16-12-6-4-5-10(2)11(12)3/h4-6,9H,7-8H2,1-3H3,(H,14,15). The predicted octanol–water partition coefficient (Wildman–Crippen LogP) is 2.79. The lowest BCUT2D eigenvalue weighted by Gasteiger charge is -2.13. The number of carbonyl (C=O) groups is 1. The lowest BCUT2D eigenvalue weighted by molar-refractivity contribution is -0.138. The summed E-state index contributed by atoms with van der Waals surface area (Å²) in [6, 6.07) is 5.89. The lowest BCUT2D eigenvalue weighted by Crippen LogP contribution is -2.13. The van der Waals surface area contributed by atoms with E-state index in [1.165, 1.54) is 5.56 Å². The number of rotatable bonds is 5. The van der Waals surface area contributed by atoms with Crippen molar-refractivity contribution in [2.45, 2.75) is 27.2 Å². The highest BCUT2D eigenvalue weighted by Gasteiger charge is 2.09. The minimum Gasteiger partial charge on any atom is -0.493 e. The number of carboxylic acids is 1. The number of carboxylic acid groups (broad SMARTS) is 1. The largest absolute Gasteiger partial charge is 0.493 e. The molecule has 1 N–H and O–H groups in total. The molecule has 0 saturated heterocycles. The molecule has 1 aromatic carbocycles. The van der Waals surface area contributed by atoms with E-state index in [2.05, 4.69) is 0 Å². The Kier molecular flexibility index (Phi) is 4.35. The second-order valence-electron chi connectivity index (χ2n) is 4.21. The van der Waals surface area contributed by atoms with Crippen molar-refractivity contribution in [3.8, 4) is 5.75 Å². The second kappa shape index (κ2) is 5.54. The molecule has 3 nitrogen and oxygen atoms in total. The average molecular weight is 222 g/mol. The van der Waals surface area contributed by atoms with E-state index in [1.54, 1.807) is 0 Å². The average Bonchev–Trinajstić information content (AvgIpc) is 2.19. The molecule has 88 valence electrons. The molecule has 0 amide bonds. The van der Waals surface area contributed by atoms with Crippen LogP contribution in [0.5, 0.6) is 5.75 Å². The van der Waals surface area contributed by atoms with Gasteiger partial charge in [0, 0.05) is 5.92 Å². The Morgan fingerprint density at radius 2 is 2.12 bits per heavy atom. The van der Waals surface area contributed by atoms with E-state index in [-0.39, 0.29) is 12.3 Å². The van der Waals surface area contributed by atoms with Crippen molar-refractivity contribution in [2.24, 2.45) is 5.92 Å². The maximum atomic E-state index is 10.5. The van der Waals surface area contributed by atoms with Gasteiger partial charge in [0.25, 0.3) is 0 Å². The van der Waals surface area contributed by atoms with Crippen LogP contribution in [-0.2, 0) is 4.79 Å². The first-order valence-electron chi connectivity index (χ1n) is 5.41. The fraction of sp³-hybridized carbons (Fsp3) is 0.462. The second-order valence-corrected chi connectivity index (χ2v) is 4.21. The Hall–Kier alpha value is -1.51. The molecule has 0 fully saturated rings. The Morgan fingerprint density at radius 3 is 2.75 bits per heavy atom. The summed E-state index contributed by atoms with van der Waals surface area (Å²) >= 11 is 0. The monoisotopic (exact) mass is 222 g/mol. The van der Waals surface area contributed by atoms with Gasteiger partial charge in [-0.15, -0.1) is 0 Å². The number of hydrogen-bond acceptors (Lipinski definition) is 2. The highest BCUT2D eigenvalue weighted by atomic mass is 16.5. The first kappa shape index (κ1) is 12.6. The molecule has 0 aliphatic heterocycles. The summed E-state index contributed by atoms with van der Waals surface area (Å²) in [5, 5.41) is 8.62. The molecule has 1 rings (SSSR count). The van der Waals surface area contributed by atoms with E-state index >= 15 is 0 Å². The quantitative estimate of drug-likeness (QED) is 0.833. The molecule has 0 bridgehead atoms. The fourth-order valence-electron chi connectivity index (χ4n) is 1.47. The normalized spacial score (nSPS) is 12.2. The van der Waals surface area contributed by atoms with E-state index in [4.69, 9.17) is 9.84 Å². The maximum absolute atomic E-state index is 10.5. The van der Waals surface area contributed by atoms with Crippen molar-refractivity contribution in [3.05, 3.63) is 29.3 Å². The summed E-state index contributed by atoms with van der Waals surface area (Å²) in [5.41, 5.74) is 2.30. The van der Waals surface area contributed by atoms with Crippen LogP contribution in [0, 0.1) is 19.8 Å². The third-order valence-corrected chi connectivity index (χ3v) is 2.60. The Morgan fingerprint density at radius 1 is 1.44 bits per heavy atom. The fourth-order valence-corrected chi connectivity index (χ4v) is 1.47. The molecule has 0 radical (unpaired) electrons. The third kappa shape index (κ3) is 3.57. The van der Waals surface area contributed by atoms with Gasteiger partial charge in [-0.05, 0) is 31.0 Å². The van der Waals surface area contributed by atoms with E-state index < -0.39 is 5.97 Å². The van der Waals surface area contributed by atoms with Crippen molar-refractivity contribution in [1.82, 2.24) is 0 Å². The molecule has 0 spiro atoms. The van der Waals surface area contributed by atoms with Crippen molar-refractivity contribution in [3.63, 3.8) is 0 Å². The molecule has 0 heterocycles. The van der Waals surface area contributed by atoms with Crippen molar-refractivity contribution < 1.29 is 14.6 Å². The first-order valence-corrected chi connectivity index (χ1v) is 5.41. The molecule has 3 heteroatoms. The van der Waals surface area contributed by atoms with Crippen LogP contribution in [0.3, 0.4) is 0 Å². The SMILES string of the molecule is Cc1cccc(OCC(C)CC(=O)O)c1C. The highest BCUT2D eigenvalue weighted by molar-refractivity contribution is 5.66. The molecule has 0 aromatic heterocycles. The van der Waals surface area contributed by atoms with Crippen molar-refractivity contribution in [1.29, 1.82) is 0 Å². The third-order valence-electron chi connectivity index (χ3n) is 2.60. The van der Waals surface area contributed by atoms with Gasteiger partial charge in [0.15, 0.2) is 0 Å². The maximum Gasteiger partial charge on any atom is 0.303 e. The van der Waals surface area contributed by atoms with Crippen LogP contribution in [0.4, 0.5) is 0 Å². The molecule has 16 heavy (non-hydrogen) atoms. The van der Waals surface area contributed by atoms with Gasteiger partial charge in [-0.3, -0.25) is 4.79 Å². The number of ether oxygens (including phenoxy) is 1. The molecule has 0 saturated carbocycles. The molecule has 1 aromatic rings. The summed E-state index contributed by atoms with van der Waals surface area (Å²) in [6.07, 6.45) is 0.144. The summed E-state index contributed by atoms with van der Waals surface area (Å²) in [5.74, 6) is 0.0896. The van der Waals surface area contributed by atoms with Gasteiger partial charge in [-0.2, -0.15) is 0 Å². The zero-order valence-corrected chi connectivity index (χ0v) is 9.99. The molecular formula is C13H18O3. The van der Waals surface area contributed by atoms with Crippen molar-refractivity contribution in [2.75, 3.05) is 6.61 Å². The van der Waals surface area contributed by atoms with Gasteiger partial charge in [-0.1, -0.05) is 19.1 Å². The van der Waals surface area contributed by atoms with Gasteiger partial charge in [-0.25, -0.2) is 0 Å². The summed E-state index contributed by atoms with van der Waals surface area (Å²) in [4.78, 5) is 10.5. The van der Waals surface area contributed by atoms with Crippen LogP contribution in [0.1, 0.15) is 24.5 Å². The summed E-state index contributed by atoms with van der Waals surface area (Å²) in [7, 11) is 0. The van der Waals surface area contributed by atoms with E-state index in [9.17, 15) is 4.79 Å². The zero-order chi connectivity index (χ0) is 12.1. The minimum absolute atomic E-state index is 0.0254. The van der Waals surface area contributed by atoms with Gasteiger partial charge in [0.05, 0.1) is 13.0 Å². The number of aryl methyl sites for hydroxylation is 1. The van der Waals surface area contributed by atoms with E-state index in [0.717, 1.165) is 11.3 Å². The van der Waals surface area contributed by atoms with E-state index in [0.29, 0.717) is 6.61 Å².